The second kappa shape index (κ2) is 10.3. The van der Waals surface area contributed by atoms with E-state index in [0.717, 1.165) is 35.6 Å². The van der Waals surface area contributed by atoms with E-state index in [4.69, 9.17) is 15.0 Å². The lowest BCUT2D eigenvalue weighted by molar-refractivity contribution is 0.0734. The van der Waals surface area contributed by atoms with Crippen molar-refractivity contribution >= 4 is 23.4 Å². The fourth-order valence-electron chi connectivity index (χ4n) is 4.64. The normalized spacial score (nSPS) is 14.4. The summed E-state index contributed by atoms with van der Waals surface area (Å²) in [6, 6.07) is 20.2. The molecule has 1 aromatic heterocycles. The lowest BCUT2D eigenvalue weighted by Gasteiger charge is -2.37. The number of ether oxygens (including phenoxy) is 1. The highest BCUT2D eigenvalue weighted by Crippen LogP contribution is 2.37. The van der Waals surface area contributed by atoms with Crippen molar-refractivity contribution in [1.82, 2.24) is 9.97 Å². The molecule has 0 amide bonds. The molecule has 3 aromatic carbocycles. The van der Waals surface area contributed by atoms with Gasteiger partial charge in [0, 0.05) is 23.5 Å². The first-order chi connectivity index (χ1) is 18.3. The number of nitrogens with zero attached hydrogens (tertiary/aromatic N) is 4. The number of nitriles is 1. The molecule has 0 bridgehead atoms. The molecule has 0 aliphatic carbocycles. The number of aromatic nitrogens is 2. The molecule has 38 heavy (non-hydrogen) atoms. The summed E-state index contributed by atoms with van der Waals surface area (Å²) < 4.78 is 19.0. The van der Waals surface area contributed by atoms with Crippen molar-refractivity contribution in [2.75, 3.05) is 16.8 Å². The number of anilines is 3. The van der Waals surface area contributed by atoms with Crippen molar-refractivity contribution < 1.29 is 13.9 Å². The summed E-state index contributed by atoms with van der Waals surface area (Å²) >= 11 is 0. The van der Waals surface area contributed by atoms with Gasteiger partial charge in [0.15, 0.2) is 0 Å². The van der Waals surface area contributed by atoms with Crippen molar-refractivity contribution in [2.45, 2.75) is 33.2 Å². The molecule has 0 radical (unpaired) electrons. The number of hydrogen-bond donors (Lipinski definition) is 1. The summed E-state index contributed by atoms with van der Waals surface area (Å²) in [5.74, 6) is 0.880. The van der Waals surface area contributed by atoms with Crippen LogP contribution in [0.2, 0.25) is 0 Å². The summed E-state index contributed by atoms with van der Waals surface area (Å²) in [5.41, 5.74) is 5.49. The molecule has 0 saturated heterocycles. The predicted molar refractivity (Wildman–Crippen MR) is 143 cm³/mol. The molecule has 5 rings (SSSR count). The van der Waals surface area contributed by atoms with Crippen molar-refractivity contribution in [3.63, 3.8) is 0 Å². The van der Waals surface area contributed by atoms with Crippen LogP contribution in [0.15, 0.2) is 66.7 Å². The molecule has 2 heterocycles. The van der Waals surface area contributed by atoms with E-state index < -0.39 is 5.97 Å². The van der Waals surface area contributed by atoms with Crippen LogP contribution in [-0.2, 0) is 6.42 Å². The van der Waals surface area contributed by atoms with Gasteiger partial charge >= 0.3 is 5.97 Å². The summed E-state index contributed by atoms with van der Waals surface area (Å²) in [6.07, 6.45) is 0.807. The van der Waals surface area contributed by atoms with Crippen LogP contribution in [0, 0.1) is 31.0 Å². The maximum absolute atomic E-state index is 13.3. The zero-order chi connectivity index (χ0) is 26.8. The third-order valence-electron chi connectivity index (χ3n) is 6.83. The first-order valence-electron chi connectivity index (χ1n) is 12.3. The Labute approximate surface area is 220 Å². The number of nitrogens with one attached hydrogen (secondary N) is 1. The fourth-order valence-corrected chi connectivity index (χ4v) is 4.64. The smallest absolute Gasteiger partial charge is 0.343 e. The highest BCUT2D eigenvalue weighted by molar-refractivity contribution is 5.91. The van der Waals surface area contributed by atoms with Crippen molar-refractivity contribution in [2.24, 2.45) is 0 Å². The molecule has 1 atom stereocenters. The molecule has 7 nitrogen and oxygen atoms in total. The average Bonchev–Trinajstić information content (AvgIpc) is 2.92. The Hall–Kier alpha value is -4.77. The van der Waals surface area contributed by atoms with Crippen LogP contribution in [-0.4, -0.2) is 22.5 Å². The molecule has 8 heteroatoms. The molecule has 1 aliphatic rings. The van der Waals surface area contributed by atoms with Gasteiger partial charge in [0.2, 0.25) is 5.95 Å². The first kappa shape index (κ1) is 24.9. The quantitative estimate of drug-likeness (QED) is 0.254. The number of aryl methyl sites for hydroxylation is 1. The van der Waals surface area contributed by atoms with Gasteiger partial charge in [0.1, 0.15) is 17.4 Å². The van der Waals surface area contributed by atoms with E-state index >= 15 is 0 Å². The number of hydrogen-bond acceptors (Lipinski definition) is 7. The van der Waals surface area contributed by atoms with E-state index in [1.165, 1.54) is 23.8 Å². The lowest BCUT2D eigenvalue weighted by Crippen LogP contribution is -2.35. The van der Waals surface area contributed by atoms with Crippen LogP contribution in [0.25, 0.3) is 0 Å². The second-order valence-corrected chi connectivity index (χ2v) is 9.28. The van der Waals surface area contributed by atoms with E-state index in [0.29, 0.717) is 28.5 Å². The Morgan fingerprint density at radius 3 is 2.66 bits per heavy atom. The zero-order valence-corrected chi connectivity index (χ0v) is 21.3. The molecule has 0 fully saturated rings. The van der Waals surface area contributed by atoms with E-state index in [1.54, 1.807) is 36.4 Å². The second-order valence-electron chi connectivity index (χ2n) is 9.28. The third-order valence-corrected chi connectivity index (χ3v) is 6.83. The van der Waals surface area contributed by atoms with E-state index in [1.807, 2.05) is 32.0 Å². The molecule has 1 N–H and O–H groups in total. The van der Waals surface area contributed by atoms with E-state index in [-0.39, 0.29) is 11.9 Å². The molecule has 0 saturated carbocycles. The number of carbonyl (C=O) groups is 1. The fraction of sp³-hybridized carbons (Fsp3) is 0.200. The summed E-state index contributed by atoms with van der Waals surface area (Å²) in [6.45, 7) is 6.81. The monoisotopic (exact) mass is 507 g/mol. The predicted octanol–water partition coefficient (Wildman–Crippen LogP) is 6.19. The van der Waals surface area contributed by atoms with Gasteiger partial charge in [-0.1, -0.05) is 12.1 Å². The van der Waals surface area contributed by atoms with Gasteiger partial charge in [-0.25, -0.2) is 14.2 Å². The SMILES string of the molecule is Cc1nc(Nc2ccc(F)cc2)nc(N2CCc3ccc(OC(=O)c4cccc(C#N)c4)cc3C2C)c1C. The number of carbonyl (C=O) groups excluding carboxylic acids is 1. The minimum absolute atomic E-state index is 0.0361. The number of esters is 1. The number of benzene rings is 3. The summed E-state index contributed by atoms with van der Waals surface area (Å²) in [5, 5.41) is 12.3. The number of fused-ring (bicyclic) bond motifs is 1. The van der Waals surface area contributed by atoms with Gasteiger partial charge in [0.25, 0.3) is 0 Å². The standard InChI is InChI=1S/C30H26FN5O2/c1-18-19(2)33-30(34-25-10-8-24(31)9-11-25)35-28(18)36-14-13-22-7-12-26(16-27(22)20(36)3)38-29(37)23-6-4-5-21(15-23)17-32/h4-12,15-16,20H,13-14H2,1-3H3,(H,33,34,35). The third kappa shape index (κ3) is 5.04. The van der Waals surface area contributed by atoms with Crippen molar-refractivity contribution in [3.8, 4) is 11.8 Å². The lowest BCUT2D eigenvalue weighted by atomic mass is 9.93. The first-order valence-corrected chi connectivity index (χ1v) is 12.3. The summed E-state index contributed by atoms with van der Waals surface area (Å²) in [7, 11) is 0. The Morgan fingerprint density at radius 2 is 1.89 bits per heavy atom. The van der Waals surface area contributed by atoms with Crippen molar-refractivity contribution in [1.29, 1.82) is 5.26 Å². The molecule has 1 aliphatic heterocycles. The van der Waals surface area contributed by atoms with Gasteiger partial charge in [-0.15, -0.1) is 0 Å². The maximum Gasteiger partial charge on any atom is 0.343 e. The molecule has 190 valence electrons. The minimum atomic E-state index is -0.513. The van der Waals surface area contributed by atoms with Crippen LogP contribution in [0.4, 0.5) is 21.8 Å². The largest absolute Gasteiger partial charge is 0.423 e. The Morgan fingerprint density at radius 1 is 1.11 bits per heavy atom. The van der Waals surface area contributed by atoms with Crippen LogP contribution in [0.3, 0.4) is 0 Å². The van der Waals surface area contributed by atoms with Gasteiger partial charge in [0.05, 0.1) is 23.2 Å². The molecular formula is C30H26FN5O2. The van der Waals surface area contributed by atoms with Gasteiger partial charge in [-0.05, 0) is 92.9 Å². The minimum Gasteiger partial charge on any atom is -0.423 e. The molecule has 0 spiro atoms. The Bertz CT molecular complexity index is 1560. The van der Waals surface area contributed by atoms with Crippen LogP contribution in [0.5, 0.6) is 5.75 Å². The highest BCUT2D eigenvalue weighted by Gasteiger charge is 2.28. The van der Waals surface area contributed by atoms with Crippen LogP contribution < -0.4 is 15.0 Å². The van der Waals surface area contributed by atoms with Crippen molar-refractivity contribution in [3.05, 3.63) is 106 Å². The van der Waals surface area contributed by atoms with Gasteiger partial charge < -0.3 is 15.0 Å². The number of halogens is 1. The Kier molecular flexibility index (Phi) is 6.75. The molecule has 1 unspecified atom stereocenters. The topological polar surface area (TPSA) is 91.1 Å². The summed E-state index contributed by atoms with van der Waals surface area (Å²) in [4.78, 5) is 24.4. The molecular weight excluding hydrogens is 481 g/mol. The maximum atomic E-state index is 13.3. The van der Waals surface area contributed by atoms with E-state index in [2.05, 4.69) is 22.1 Å². The van der Waals surface area contributed by atoms with Gasteiger partial charge in [-0.2, -0.15) is 10.2 Å². The van der Waals surface area contributed by atoms with Gasteiger partial charge in [-0.3, -0.25) is 0 Å². The van der Waals surface area contributed by atoms with Crippen LogP contribution >= 0.6 is 0 Å². The van der Waals surface area contributed by atoms with Crippen LogP contribution in [0.1, 0.15) is 51.3 Å². The molecule has 4 aromatic rings. The highest BCUT2D eigenvalue weighted by atomic mass is 19.1. The Balaban J connectivity index is 1.41. The zero-order valence-electron chi connectivity index (χ0n) is 21.3. The average molecular weight is 508 g/mol. The number of rotatable bonds is 5. The van der Waals surface area contributed by atoms with E-state index in [9.17, 15) is 9.18 Å².